The highest BCUT2D eigenvalue weighted by Gasteiger charge is 2.29. The smallest absolute Gasteiger partial charge is 0.0585 e. The highest BCUT2D eigenvalue weighted by molar-refractivity contribution is 5.26. The molecule has 10 heavy (non-hydrogen) atoms. The van der Waals surface area contributed by atoms with Crippen LogP contribution in [0.15, 0.2) is 4.99 Å². The number of nitrogens with one attached hydrogen (secondary N) is 1. The van der Waals surface area contributed by atoms with Crippen molar-refractivity contribution in [3.63, 3.8) is 0 Å². The Hall–Kier alpha value is -0.370. The van der Waals surface area contributed by atoms with Gasteiger partial charge in [-0.15, -0.1) is 0 Å². The van der Waals surface area contributed by atoms with Crippen LogP contribution in [0.5, 0.6) is 0 Å². The fourth-order valence-electron chi connectivity index (χ4n) is 1.39. The Kier molecular flexibility index (Phi) is 2.09. The second-order valence-electron chi connectivity index (χ2n) is 3.50. The van der Waals surface area contributed by atoms with Gasteiger partial charge < -0.3 is 5.32 Å². The van der Waals surface area contributed by atoms with Crippen molar-refractivity contribution in [2.24, 2.45) is 10.9 Å². The lowest BCUT2D eigenvalue weighted by atomic mass is 9.88. The zero-order valence-electron chi connectivity index (χ0n) is 6.85. The Morgan fingerprint density at radius 3 is 2.70 bits per heavy atom. The summed E-state index contributed by atoms with van der Waals surface area (Å²) in [6.07, 6.45) is 1.24. The van der Waals surface area contributed by atoms with Gasteiger partial charge in [-0.3, -0.25) is 4.99 Å². The van der Waals surface area contributed by atoms with Crippen molar-refractivity contribution in [3.8, 4) is 0 Å². The molecule has 0 amide bonds. The molecule has 1 saturated heterocycles. The maximum absolute atomic E-state index is 4.11. The molecule has 1 atom stereocenters. The van der Waals surface area contributed by atoms with Gasteiger partial charge in [-0.1, -0.05) is 0 Å². The van der Waals surface area contributed by atoms with Gasteiger partial charge >= 0.3 is 0 Å². The van der Waals surface area contributed by atoms with Crippen LogP contribution in [-0.2, 0) is 0 Å². The third kappa shape index (κ3) is 1.37. The first kappa shape index (κ1) is 7.73. The normalized spacial score (nSPS) is 26.8. The Balaban J connectivity index is 2.53. The van der Waals surface area contributed by atoms with Crippen LogP contribution in [0.25, 0.3) is 0 Å². The highest BCUT2D eigenvalue weighted by atomic mass is 14.9. The van der Waals surface area contributed by atoms with Gasteiger partial charge in [-0.05, 0) is 39.4 Å². The fraction of sp³-hybridized carbons (Fsp3) is 0.875. The molecule has 2 nitrogen and oxygen atoms in total. The van der Waals surface area contributed by atoms with Crippen LogP contribution in [-0.4, -0.2) is 25.3 Å². The third-order valence-electron chi connectivity index (χ3n) is 2.47. The first-order valence-corrected chi connectivity index (χ1v) is 3.85. The molecule has 0 saturated carbocycles. The van der Waals surface area contributed by atoms with Crippen molar-refractivity contribution in [1.29, 1.82) is 0 Å². The van der Waals surface area contributed by atoms with E-state index in [1.807, 2.05) is 0 Å². The minimum Gasteiger partial charge on any atom is -0.316 e. The van der Waals surface area contributed by atoms with E-state index in [-0.39, 0.29) is 5.54 Å². The summed E-state index contributed by atoms with van der Waals surface area (Å²) in [6.45, 7) is 10.1. The molecule has 2 heteroatoms. The molecule has 1 aliphatic heterocycles. The molecule has 0 spiro atoms. The Morgan fingerprint density at radius 1 is 1.60 bits per heavy atom. The van der Waals surface area contributed by atoms with E-state index in [1.165, 1.54) is 6.42 Å². The van der Waals surface area contributed by atoms with E-state index < -0.39 is 0 Å². The zero-order chi connectivity index (χ0) is 7.61. The molecule has 1 heterocycles. The maximum atomic E-state index is 4.11. The van der Waals surface area contributed by atoms with Crippen molar-refractivity contribution < 1.29 is 0 Å². The lowest BCUT2D eigenvalue weighted by Gasteiger charge is -2.25. The Bertz CT molecular complexity index is 123. The molecule has 0 aromatic heterocycles. The van der Waals surface area contributed by atoms with E-state index in [0.717, 1.165) is 13.1 Å². The number of hydrogen-bond donors (Lipinski definition) is 1. The molecule has 0 bridgehead atoms. The van der Waals surface area contributed by atoms with E-state index in [2.05, 4.69) is 30.9 Å². The van der Waals surface area contributed by atoms with E-state index >= 15 is 0 Å². The van der Waals surface area contributed by atoms with Gasteiger partial charge in [0.1, 0.15) is 0 Å². The van der Waals surface area contributed by atoms with Crippen molar-refractivity contribution >= 4 is 6.72 Å². The monoisotopic (exact) mass is 140 g/mol. The van der Waals surface area contributed by atoms with Crippen LogP contribution in [0.4, 0.5) is 0 Å². The van der Waals surface area contributed by atoms with Gasteiger partial charge in [0.05, 0.1) is 5.54 Å². The summed E-state index contributed by atoms with van der Waals surface area (Å²) in [6, 6.07) is 0. The molecule has 1 unspecified atom stereocenters. The van der Waals surface area contributed by atoms with Gasteiger partial charge in [-0.2, -0.15) is 0 Å². The summed E-state index contributed by atoms with van der Waals surface area (Å²) in [5, 5.41) is 3.32. The number of hydrogen-bond acceptors (Lipinski definition) is 2. The average molecular weight is 140 g/mol. The molecular formula is C8H16N2. The molecule has 58 valence electrons. The first-order chi connectivity index (χ1) is 4.67. The molecule has 0 aromatic rings. The van der Waals surface area contributed by atoms with E-state index in [4.69, 9.17) is 0 Å². The minimum absolute atomic E-state index is 0.0729. The summed E-state index contributed by atoms with van der Waals surface area (Å²) in [4.78, 5) is 4.11. The van der Waals surface area contributed by atoms with Crippen molar-refractivity contribution in [2.45, 2.75) is 25.8 Å². The Morgan fingerprint density at radius 2 is 2.30 bits per heavy atom. The van der Waals surface area contributed by atoms with Crippen molar-refractivity contribution in [3.05, 3.63) is 0 Å². The van der Waals surface area contributed by atoms with Gasteiger partial charge in [0.15, 0.2) is 0 Å². The Labute approximate surface area is 62.7 Å². The SMILES string of the molecule is C=NC(C)(C)C1CCNC1. The van der Waals surface area contributed by atoms with E-state index in [9.17, 15) is 0 Å². The van der Waals surface area contributed by atoms with Gasteiger partial charge in [-0.25, -0.2) is 0 Å². The number of nitrogens with zero attached hydrogens (tertiary/aromatic N) is 1. The van der Waals surface area contributed by atoms with Crippen LogP contribution in [0.3, 0.4) is 0 Å². The average Bonchev–Trinajstić information content (AvgIpc) is 2.38. The summed E-state index contributed by atoms with van der Waals surface area (Å²) in [7, 11) is 0. The molecule has 1 aliphatic rings. The van der Waals surface area contributed by atoms with Crippen LogP contribution in [0, 0.1) is 5.92 Å². The molecule has 0 aromatic carbocycles. The van der Waals surface area contributed by atoms with Crippen LogP contribution >= 0.6 is 0 Å². The number of rotatable bonds is 2. The molecule has 0 aliphatic carbocycles. The molecule has 1 fully saturated rings. The minimum atomic E-state index is 0.0729. The van der Waals surface area contributed by atoms with Crippen LogP contribution in [0.2, 0.25) is 0 Å². The van der Waals surface area contributed by atoms with Crippen molar-refractivity contribution in [2.75, 3.05) is 13.1 Å². The second-order valence-corrected chi connectivity index (χ2v) is 3.50. The van der Waals surface area contributed by atoms with Crippen LogP contribution < -0.4 is 5.32 Å². The standard InChI is InChI=1S/C8H16N2/c1-8(2,9-3)7-4-5-10-6-7/h7,10H,3-6H2,1-2H3. The predicted octanol–water partition coefficient (Wildman–Crippen LogP) is 1.08. The fourth-order valence-corrected chi connectivity index (χ4v) is 1.39. The quantitative estimate of drug-likeness (QED) is 0.570. The predicted molar refractivity (Wildman–Crippen MR) is 44.6 cm³/mol. The molecular weight excluding hydrogens is 124 g/mol. The first-order valence-electron chi connectivity index (χ1n) is 3.85. The van der Waals surface area contributed by atoms with Gasteiger partial charge in [0, 0.05) is 6.54 Å². The van der Waals surface area contributed by atoms with Crippen LogP contribution in [0.1, 0.15) is 20.3 Å². The maximum Gasteiger partial charge on any atom is 0.0585 e. The summed E-state index contributed by atoms with van der Waals surface area (Å²) < 4.78 is 0. The summed E-state index contributed by atoms with van der Waals surface area (Å²) in [5.74, 6) is 0.685. The van der Waals surface area contributed by atoms with Gasteiger partial charge in [0.2, 0.25) is 0 Å². The van der Waals surface area contributed by atoms with E-state index in [0.29, 0.717) is 5.92 Å². The molecule has 1 rings (SSSR count). The lowest BCUT2D eigenvalue weighted by Crippen LogP contribution is -2.30. The largest absolute Gasteiger partial charge is 0.316 e. The number of aliphatic imine (C=N–C) groups is 1. The topological polar surface area (TPSA) is 24.4 Å². The van der Waals surface area contributed by atoms with Crippen molar-refractivity contribution in [1.82, 2.24) is 5.32 Å². The summed E-state index contributed by atoms with van der Waals surface area (Å²) >= 11 is 0. The zero-order valence-corrected chi connectivity index (χ0v) is 6.85. The van der Waals surface area contributed by atoms with E-state index in [1.54, 1.807) is 0 Å². The lowest BCUT2D eigenvalue weighted by molar-refractivity contribution is 0.351. The molecule has 1 N–H and O–H groups in total. The molecule has 0 radical (unpaired) electrons. The highest BCUT2D eigenvalue weighted by Crippen LogP contribution is 2.25. The third-order valence-corrected chi connectivity index (χ3v) is 2.47. The summed E-state index contributed by atoms with van der Waals surface area (Å²) in [5.41, 5.74) is 0.0729. The van der Waals surface area contributed by atoms with Gasteiger partial charge in [0.25, 0.3) is 0 Å². The second kappa shape index (κ2) is 2.70.